The maximum Gasteiger partial charge on any atom is 0.260 e. The van der Waals surface area contributed by atoms with E-state index in [1.807, 2.05) is 33.9 Å². The van der Waals surface area contributed by atoms with Gasteiger partial charge in [-0.15, -0.1) is 5.10 Å². The normalized spacial score (nSPS) is 15.0. The zero-order valence-electron chi connectivity index (χ0n) is 17.7. The second kappa shape index (κ2) is 9.21. The van der Waals surface area contributed by atoms with Crippen LogP contribution in [0.4, 0.5) is 0 Å². The Bertz CT molecular complexity index is 886. The molecule has 9 nitrogen and oxygen atoms in total. The molecule has 1 saturated heterocycles. The molecule has 0 saturated carbocycles. The summed E-state index contributed by atoms with van der Waals surface area (Å²) in [6.45, 7) is 9.52. The number of hydrogen-bond donors (Lipinski definition) is 1. The molecule has 0 spiro atoms. The fourth-order valence-electron chi connectivity index (χ4n) is 3.55. The molecule has 29 heavy (non-hydrogen) atoms. The van der Waals surface area contributed by atoms with Gasteiger partial charge in [0.25, 0.3) is 5.91 Å². The molecule has 1 aliphatic heterocycles. The summed E-state index contributed by atoms with van der Waals surface area (Å²) in [6.07, 6.45) is 0.925. The number of fused-ring (bicyclic) bond motifs is 1. The van der Waals surface area contributed by atoms with Gasteiger partial charge in [0.15, 0.2) is 12.3 Å². The molecule has 3 rings (SSSR count). The van der Waals surface area contributed by atoms with Gasteiger partial charge in [-0.3, -0.25) is 14.5 Å². The van der Waals surface area contributed by atoms with Crippen LogP contribution in [-0.4, -0.2) is 82.3 Å². The number of hydrogen-bond acceptors (Lipinski definition) is 6. The third-order valence-corrected chi connectivity index (χ3v) is 5.08. The van der Waals surface area contributed by atoms with E-state index < -0.39 is 0 Å². The molecule has 9 heteroatoms. The maximum atomic E-state index is 12.6. The molecule has 1 fully saturated rings. The molecule has 2 aromatic heterocycles. The summed E-state index contributed by atoms with van der Waals surface area (Å²) in [4.78, 5) is 32.8. The Labute approximate surface area is 171 Å². The van der Waals surface area contributed by atoms with Gasteiger partial charge in [-0.05, 0) is 31.9 Å². The average molecular weight is 402 g/mol. The maximum absolute atomic E-state index is 12.6. The molecular formula is C20H30N6O3. The van der Waals surface area contributed by atoms with Crippen molar-refractivity contribution in [1.29, 1.82) is 0 Å². The standard InChI is InChI=1S/C20H30N6O3/c1-5-6-21-16(27)12-25-7-9-26(10-8-25)17(28)13-29-20-18-14(2)11-15(3)22-19(18)24(4)23-20/h11H,5-10,12-13H2,1-4H3,(H,21,27). The quantitative estimate of drug-likeness (QED) is 0.731. The predicted molar refractivity (Wildman–Crippen MR) is 110 cm³/mol. The van der Waals surface area contributed by atoms with E-state index in [1.165, 1.54) is 0 Å². The van der Waals surface area contributed by atoms with Crippen LogP contribution in [0.1, 0.15) is 24.6 Å². The Balaban J connectivity index is 1.52. The van der Waals surface area contributed by atoms with Crippen LogP contribution in [0, 0.1) is 13.8 Å². The van der Waals surface area contributed by atoms with Crippen molar-refractivity contribution in [1.82, 2.24) is 29.9 Å². The molecule has 0 aromatic carbocycles. The van der Waals surface area contributed by atoms with Crippen LogP contribution in [0.25, 0.3) is 11.0 Å². The van der Waals surface area contributed by atoms with Crippen LogP contribution in [0.3, 0.4) is 0 Å². The van der Waals surface area contributed by atoms with Crippen LogP contribution >= 0.6 is 0 Å². The van der Waals surface area contributed by atoms with Crippen LogP contribution in [0.2, 0.25) is 0 Å². The molecule has 1 N–H and O–H groups in total. The molecule has 0 atom stereocenters. The Kier molecular flexibility index (Phi) is 6.68. The number of nitrogens with zero attached hydrogens (tertiary/aromatic N) is 5. The fraction of sp³-hybridized carbons (Fsp3) is 0.600. The Hall–Kier alpha value is -2.68. The van der Waals surface area contributed by atoms with Gasteiger partial charge in [0.2, 0.25) is 11.8 Å². The van der Waals surface area contributed by atoms with Gasteiger partial charge < -0.3 is 15.0 Å². The number of nitrogens with one attached hydrogen (secondary N) is 1. The average Bonchev–Trinajstić information content (AvgIpc) is 3.01. The van der Waals surface area contributed by atoms with E-state index in [9.17, 15) is 9.59 Å². The van der Waals surface area contributed by atoms with Gasteiger partial charge in [0.05, 0.1) is 11.9 Å². The molecule has 0 aliphatic carbocycles. The third-order valence-electron chi connectivity index (χ3n) is 5.08. The van der Waals surface area contributed by atoms with Crippen molar-refractivity contribution in [2.75, 3.05) is 45.9 Å². The zero-order valence-corrected chi connectivity index (χ0v) is 17.7. The van der Waals surface area contributed by atoms with Crippen molar-refractivity contribution in [2.24, 2.45) is 7.05 Å². The highest BCUT2D eigenvalue weighted by atomic mass is 16.5. The summed E-state index contributed by atoms with van der Waals surface area (Å²) in [5.74, 6) is 0.403. The third kappa shape index (κ3) is 5.03. The second-order valence-electron chi connectivity index (χ2n) is 7.50. The van der Waals surface area contributed by atoms with Crippen molar-refractivity contribution >= 4 is 22.8 Å². The van der Waals surface area contributed by atoms with E-state index in [2.05, 4.69) is 20.3 Å². The topological polar surface area (TPSA) is 92.6 Å². The van der Waals surface area contributed by atoms with Crippen molar-refractivity contribution < 1.29 is 14.3 Å². The minimum atomic E-state index is -0.0726. The number of carbonyl (C=O) groups excluding carboxylic acids is 2. The summed E-state index contributed by atoms with van der Waals surface area (Å²) in [5.41, 5.74) is 2.69. The van der Waals surface area contributed by atoms with Gasteiger partial charge >= 0.3 is 0 Å². The van der Waals surface area contributed by atoms with E-state index in [-0.39, 0.29) is 18.4 Å². The highest BCUT2D eigenvalue weighted by Crippen LogP contribution is 2.27. The Morgan fingerprint density at radius 3 is 2.62 bits per heavy atom. The van der Waals surface area contributed by atoms with Crippen LogP contribution in [0.5, 0.6) is 5.88 Å². The van der Waals surface area contributed by atoms with E-state index in [0.29, 0.717) is 45.1 Å². The number of pyridine rings is 1. The number of rotatable bonds is 7. The fourth-order valence-corrected chi connectivity index (χ4v) is 3.55. The molecule has 2 amide bonds. The summed E-state index contributed by atoms with van der Waals surface area (Å²) in [5, 5.41) is 8.11. The Morgan fingerprint density at radius 2 is 1.93 bits per heavy atom. The SMILES string of the molecule is CCCNC(=O)CN1CCN(C(=O)COc2nn(C)c3nc(C)cc(C)c23)CC1. The van der Waals surface area contributed by atoms with E-state index in [1.54, 1.807) is 9.58 Å². The van der Waals surface area contributed by atoms with Crippen molar-refractivity contribution in [3.05, 3.63) is 17.3 Å². The smallest absolute Gasteiger partial charge is 0.260 e. The first-order valence-corrected chi connectivity index (χ1v) is 10.1. The first kappa shape index (κ1) is 21.0. The molecule has 3 heterocycles. The minimum Gasteiger partial charge on any atom is -0.466 e. The summed E-state index contributed by atoms with van der Waals surface area (Å²) in [6, 6.07) is 1.98. The predicted octanol–water partition coefficient (Wildman–Crippen LogP) is 0.634. The van der Waals surface area contributed by atoms with Gasteiger partial charge in [-0.25, -0.2) is 9.67 Å². The highest BCUT2D eigenvalue weighted by Gasteiger charge is 2.23. The minimum absolute atomic E-state index is 0.0382. The van der Waals surface area contributed by atoms with E-state index in [0.717, 1.165) is 28.7 Å². The van der Waals surface area contributed by atoms with Gasteiger partial charge in [-0.1, -0.05) is 6.92 Å². The number of carbonyl (C=O) groups is 2. The van der Waals surface area contributed by atoms with Gasteiger partial charge in [0, 0.05) is 45.5 Å². The first-order valence-electron chi connectivity index (χ1n) is 10.1. The van der Waals surface area contributed by atoms with Gasteiger partial charge in [0.1, 0.15) is 0 Å². The summed E-state index contributed by atoms with van der Waals surface area (Å²) < 4.78 is 7.45. The molecule has 0 unspecified atom stereocenters. The summed E-state index contributed by atoms with van der Waals surface area (Å²) >= 11 is 0. The van der Waals surface area contributed by atoms with Gasteiger partial charge in [-0.2, -0.15) is 0 Å². The zero-order chi connectivity index (χ0) is 21.0. The molecule has 1 aliphatic rings. The van der Waals surface area contributed by atoms with Crippen LogP contribution in [-0.2, 0) is 16.6 Å². The van der Waals surface area contributed by atoms with Crippen molar-refractivity contribution in [3.8, 4) is 5.88 Å². The van der Waals surface area contributed by atoms with E-state index in [4.69, 9.17) is 4.74 Å². The molecule has 0 radical (unpaired) electrons. The lowest BCUT2D eigenvalue weighted by atomic mass is 10.2. The molecule has 0 bridgehead atoms. The lowest BCUT2D eigenvalue weighted by Gasteiger charge is -2.34. The summed E-state index contributed by atoms with van der Waals surface area (Å²) in [7, 11) is 1.82. The number of ether oxygens (including phenoxy) is 1. The lowest BCUT2D eigenvalue weighted by Crippen LogP contribution is -2.52. The number of aryl methyl sites for hydroxylation is 3. The second-order valence-corrected chi connectivity index (χ2v) is 7.50. The van der Waals surface area contributed by atoms with Crippen LogP contribution < -0.4 is 10.1 Å². The number of piperazine rings is 1. The number of aromatic nitrogens is 3. The highest BCUT2D eigenvalue weighted by molar-refractivity contribution is 5.86. The first-order chi connectivity index (χ1) is 13.9. The van der Waals surface area contributed by atoms with E-state index >= 15 is 0 Å². The molecule has 158 valence electrons. The monoisotopic (exact) mass is 402 g/mol. The van der Waals surface area contributed by atoms with Crippen molar-refractivity contribution in [3.63, 3.8) is 0 Å². The largest absolute Gasteiger partial charge is 0.466 e. The molecule has 2 aromatic rings. The Morgan fingerprint density at radius 1 is 1.21 bits per heavy atom. The van der Waals surface area contributed by atoms with Crippen molar-refractivity contribution in [2.45, 2.75) is 27.2 Å². The lowest BCUT2D eigenvalue weighted by molar-refractivity contribution is -0.135. The van der Waals surface area contributed by atoms with Crippen LogP contribution in [0.15, 0.2) is 6.07 Å². The number of amides is 2. The molecular weight excluding hydrogens is 372 g/mol.